The molecule has 1 saturated heterocycles. The first-order valence-electron chi connectivity index (χ1n) is 12.0. The van der Waals surface area contributed by atoms with Crippen LogP contribution in [0.25, 0.3) is 6.08 Å². The number of piperidine rings is 1. The van der Waals surface area contributed by atoms with E-state index >= 15 is 0 Å². The zero-order chi connectivity index (χ0) is 24.5. The van der Waals surface area contributed by atoms with Crippen molar-refractivity contribution in [1.29, 1.82) is 0 Å². The number of carbonyl (C=O) groups is 2. The molecule has 1 aromatic carbocycles. The van der Waals surface area contributed by atoms with Gasteiger partial charge in [0.15, 0.2) is 0 Å². The zero-order valence-electron chi connectivity index (χ0n) is 19.8. The minimum absolute atomic E-state index is 0.0731. The van der Waals surface area contributed by atoms with Crippen LogP contribution in [0.3, 0.4) is 0 Å². The van der Waals surface area contributed by atoms with E-state index < -0.39 is 21.5 Å². The van der Waals surface area contributed by atoms with Crippen molar-refractivity contribution in [2.45, 2.75) is 64.3 Å². The van der Waals surface area contributed by atoms with Crippen molar-refractivity contribution < 1.29 is 23.1 Å². The maximum absolute atomic E-state index is 12.9. The number of carboxylic acids is 1. The molecule has 2 fully saturated rings. The van der Waals surface area contributed by atoms with E-state index in [1.807, 2.05) is 6.92 Å². The fourth-order valence-electron chi connectivity index (χ4n) is 5.17. The number of rotatable bonds is 6. The molecule has 184 valence electrons. The number of carboxylic acid groups (broad SMARTS) is 1. The van der Waals surface area contributed by atoms with Crippen molar-refractivity contribution in [2.75, 3.05) is 13.1 Å². The highest BCUT2D eigenvalue weighted by molar-refractivity contribution is 7.92. The third-order valence-corrected chi connectivity index (χ3v) is 8.98. The summed E-state index contributed by atoms with van der Waals surface area (Å²) in [5.74, 6) is 0.819. The number of aryl methyl sites for hydroxylation is 1. The number of hydrogen-bond donors (Lipinski definition) is 2. The van der Waals surface area contributed by atoms with Crippen LogP contribution < -0.4 is 5.32 Å². The van der Waals surface area contributed by atoms with Gasteiger partial charge >= 0.3 is 5.97 Å². The molecule has 8 nitrogen and oxygen atoms in total. The lowest BCUT2D eigenvalue weighted by Gasteiger charge is -2.34. The van der Waals surface area contributed by atoms with Crippen molar-refractivity contribution in [3.05, 3.63) is 40.3 Å². The van der Waals surface area contributed by atoms with Crippen LogP contribution in [-0.4, -0.2) is 54.2 Å². The van der Waals surface area contributed by atoms with Crippen LogP contribution in [0.4, 0.5) is 0 Å². The van der Waals surface area contributed by atoms with E-state index in [9.17, 15) is 18.0 Å². The SMILES string of the molecule is Cc1cc(CC(=O)O)ccc1/C=C/S(=O)(=O)N1CCC2(CC1)N=C(C1CCC(C)CC1)NC2=O. The van der Waals surface area contributed by atoms with E-state index in [1.165, 1.54) is 9.71 Å². The molecule has 1 amide bonds. The number of aliphatic carboxylic acids is 1. The molecular weight excluding hydrogens is 454 g/mol. The quantitative estimate of drug-likeness (QED) is 0.640. The maximum Gasteiger partial charge on any atom is 0.307 e. The molecular formula is C25H33N3O5S. The Morgan fingerprint density at radius 3 is 2.53 bits per heavy atom. The molecule has 9 heteroatoms. The second-order valence-electron chi connectivity index (χ2n) is 9.95. The minimum Gasteiger partial charge on any atom is -0.481 e. The van der Waals surface area contributed by atoms with E-state index in [4.69, 9.17) is 10.1 Å². The lowest BCUT2D eigenvalue weighted by atomic mass is 9.82. The van der Waals surface area contributed by atoms with Crippen molar-refractivity contribution in [3.63, 3.8) is 0 Å². The number of nitrogens with one attached hydrogen (secondary N) is 1. The van der Waals surface area contributed by atoms with Crippen LogP contribution in [0.2, 0.25) is 0 Å². The Morgan fingerprint density at radius 1 is 1.24 bits per heavy atom. The van der Waals surface area contributed by atoms with Gasteiger partial charge in [-0.3, -0.25) is 14.6 Å². The molecule has 34 heavy (non-hydrogen) atoms. The lowest BCUT2D eigenvalue weighted by molar-refractivity contribution is -0.136. The first kappa shape index (κ1) is 24.6. The molecule has 1 aromatic rings. The first-order valence-corrected chi connectivity index (χ1v) is 13.5. The largest absolute Gasteiger partial charge is 0.481 e. The molecule has 1 saturated carbocycles. The van der Waals surface area contributed by atoms with Gasteiger partial charge in [-0.1, -0.05) is 38.0 Å². The molecule has 4 rings (SSSR count). The number of amides is 1. The third kappa shape index (κ3) is 5.25. The molecule has 0 aromatic heterocycles. The van der Waals surface area contributed by atoms with Gasteiger partial charge in [-0.05, 0) is 61.3 Å². The Hall–Kier alpha value is -2.52. The van der Waals surface area contributed by atoms with Crippen LogP contribution in [-0.2, 0) is 26.0 Å². The van der Waals surface area contributed by atoms with E-state index in [2.05, 4.69) is 12.2 Å². The summed E-state index contributed by atoms with van der Waals surface area (Å²) in [6, 6.07) is 5.18. The van der Waals surface area contributed by atoms with Gasteiger partial charge in [-0.25, -0.2) is 8.42 Å². The summed E-state index contributed by atoms with van der Waals surface area (Å²) in [5.41, 5.74) is 1.36. The molecule has 0 unspecified atom stereocenters. The Bertz CT molecular complexity index is 1130. The summed E-state index contributed by atoms with van der Waals surface area (Å²) >= 11 is 0. The van der Waals surface area contributed by atoms with Gasteiger partial charge in [-0.15, -0.1) is 0 Å². The first-order chi connectivity index (χ1) is 16.1. The normalized spacial score (nSPS) is 25.5. The predicted octanol–water partition coefficient (Wildman–Crippen LogP) is 3.11. The summed E-state index contributed by atoms with van der Waals surface area (Å²) in [4.78, 5) is 28.5. The number of sulfonamides is 1. The second kappa shape index (κ2) is 9.62. The number of nitrogens with zero attached hydrogens (tertiary/aromatic N) is 2. The number of benzene rings is 1. The monoisotopic (exact) mass is 487 g/mol. The molecule has 2 N–H and O–H groups in total. The number of amidine groups is 1. The fraction of sp³-hybridized carbons (Fsp3) is 0.560. The van der Waals surface area contributed by atoms with Crippen molar-refractivity contribution >= 4 is 33.8 Å². The van der Waals surface area contributed by atoms with E-state index in [0.29, 0.717) is 24.3 Å². The maximum atomic E-state index is 12.9. The van der Waals surface area contributed by atoms with Gasteiger partial charge in [0.1, 0.15) is 11.4 Å². The lowest BCUT2D eigenvalue weighted by Crippen LogP contribution is -2.50. The average Bonchev–Trinajstić information content (AvgIpc) is 3.09. The Kier molecular flexibility index (Phi) is 6.96. The van der Waals surface area contributed by atoms with Crippen LogP contribution >= 0.6 is 0 Å². The number of aliphatic imine (C=N–C) groups is 1. The van der Waals surface area contributed by atoms with E-state index in [1.54, 1.807) is 24.3 Å². The van der Waals surface area contributed by atoms with Crippen LogP contribution in [0.15, 0.2) is 28.6 Å². The van der Waals surface area contributed by atoms with Crippen molar-refractivity contribution in [2.24, 2.45) is 16.8 Å². The van der Waals surface area contributed by atoms with Crippen LogP contribution in [0.5, 0.6) is 0 Å². The third-order valence-electron chi connectivity index (χ3n) is 7.42. The molecule has 2 aliphatic heterocycles. The van der Waals surface area contributed by atoms with Gasteiger partial charge in [0, 0.05) is 24.4 Å². The van der Waals surface area contributed by atoms with Gasteiger partial charge in [0.05, 0.1) is 6.42 Å². The van der Waals surface area contributed by atoms with Gasteiger partial charge in [0.2, 0.25) is 10.0 Å². The Labute approximate surface area is 201 Å². The van der Waals surface area contributed by atoms with E-state index in [-0.39, 0.29) is 25.4 Å². The molecule has 3 aliphatic rings. The van der Waals surface area contributed by atoms with E-state index in [0.717, 1.165) is 48.6 Å². The standard InChI is InChI=1S/C25H33N3O5S/c1-17-3-6-21(7-4-17)23-26-24(31)25(27-23)10-12-28(13-11-25)34(32,33)14-9-20-8-5-19(15-18(20)2)16-22(29)30/h5,8-9,14-15,17,21H,3-4,6-7,10-13,16H2,1-2H3,(H,29,30)(H,26,27,31)/b14-9+. The zero-order valence-corrected chi connectivity index (χ0v) is 20.6. The summed E-state index contributed by atoms with van der Waals surface area (Å²) in [6.07, 6.45) is 6.59. The highest BCUT2D eigenvalue weighted by atomic mass is 32.2. The van der Waals surface area contributed by atoms with Crippen LogP contribution in [0, 0.1) is 18.8 Å². The highest BCUT2D eigenvalue weighted by Crippen LogP contribution is 2.36. The van der Waals surface area contributed by atoms with Gasteiger partial charge < -0.3 is 10.4 Å². The fourth-order valence-corrected chi connectivity index (χ4v) is 6.36. The molecule has 0 bridgehead atoms. The number of hydrogen-bond acceptors (Lipinski definition) is 5. The summed E-state index contributed by atoms with van der Waals surface area (Å²) in [5, 5.41) is 13.1. The number of carbonyl (C=O) groups excluding carboxylic acids is 1. The minimum atomic E-state index is -3.65. The molecule has 1 aliphatic carbocycles. The Morgan fingerprint density at radius 2 is 1.91 bits per heavy atom. The molecule has 2 heterocycles. The summed E-state index contributed by atoms with van der Waals surface area (Å²) in [7, 11) is -3.65. The predicted molar refractivity (Wildman–Crippen MR) is 131 cm³/mol. The highest BCUT2D eigenvalue weighted by Gasteiger charge is 2.48. The van der Waals surface area contributed by atoms with Crippen LogP contribution in [0.1, 0.15) is 62.1 Å². The smallest absolute Gasteiger partial charge is 0.307 e. The second-order valence-corrected chi connectivity index (χ2v) is 11.8. The Balaban J connectivity index is 1.40. The topological polar surface area (TPSA) is 116 Å². The average molecular weight is 488 g/mol. The molecule has 0 atom stereocenters. The molecule has 1 spiro atoms. The van der Waals surface area contributed by atoms with Gasteiger partial charge in [-0.2, -0.15) is 4.31 Å². The van der Waals surface area contributed by atoms with Gasteiger partial charge in [0.25, 0.3) is 5.91 Å². The van der Waals surface area contributed by atoms with Crippen molar-refractivity contribution in [3.8, 4) is 0 Å². The summed E-state index contributed by atoms with van der Waals surface area (Å²) < 4.78 is 27.3. The van der Waals surface area contributed by atoms with Crippen molar-refractivity contribution in [1.82, 2.24) is 9.62 Å². The molecule has 0 radical (unpaired) electrons. The summed E-state index contributed by atoms with van der Waals surface area (Å²) in [6.45, 7) is 4.57.